The molecule has 0 radical (unpaired) electrons. The van der Waals surface area contributed by atoms with E-state index >= 15 is 0 Å². The van der Waals surface area contributed by atoms with Crippen molar-refractivity contribution >= 4 is 0 Å². The Labute approximate surface area is 195 Å². The Bertz CT molecular complexity index is 939. The molecule has 0 spiro atoms. The molecule has 0 aliphatic heterocycles. The lowest BCUT2D eigenvalue weighted by Crippen LogP contribution is -2.03. The summed E-state index contributed by atoms with van der Waals surface area (Å²) in [5.41, 5.74) is -0.625. The van der Waals surface area contributed by atoms with E-state index in [4.69, 9.17) is 4.74 Å². The highest BCUT2D eigenvalue weighted by Gasteiger charge is 2.19. The molecule has 0 saturated carbocycles. The van der Waals surface area contributed by atoms with Gasteiger partial charge in [0.1, 0.15) is 0 Å². The fraction of sp³-hybridized carbons (Fsp3) is 0.286. The van der Waals surface area contributed by atoms with E-state index in [1.165, 1.54) is 18.2 Å². The van der Waals surface area contributed by atoms with E-state index in [1.807, 2.05) is 13.8 Å². The summed E-state index contributed by atoms with van der Waals surface area (Å²) in [6, 6.07) is 0. The molecular formula is C28H34F4O. The minimum atomic E-state index is -1.34. The van der Waals surface area contributed by atoms with Crippen LogP contribution in [0.4, 0.5) is 17.6 Å². The molecular weight excluding hydrogens is 428 g/mol. The third kappa shape index (κ3) is 9.52. The Morgan fingerprint density at radius 3 is 1.61 bits per heavy atom. The van der Waals surface area contributed by atoms with Gasteiger partial charge in [-0.25, -0.2) is 13.2 Å². The summed E-state index contributed by atoms with van der Waals surface area (Å²) in [5.74, 6) is -5.24. The van der Waals surface area contributed by atoms with Crippen molar-refractivity contribution < 1.29 is 22.3 Å². The van der Waals surface area contributed by atoms with E-state index in [0.717, 1.165) is 12.7 Å². The summed E-state index contributed by atoms with van der Waals surface area (Å²) in [6.07, 6.45) is 6.65. The second-order valence-corrected chi connectivity index (χ2v) is 8.00. The van der Waals surface area contributed by atoms with Crippen LogP contribution in [0, 0.1) is 11.8 Å². The number of halogens is 4. The molecule has 0 aromatic carbocycles. The first kappa shape index (κ1) is 29.9. The zero-order chi connectivity index (χ0) is 25.9. The molecule has 5 heteroatoms. The molecule has 0 aromatic heterocycles. The molecule has 0 aliphatic carbocycles. The first-order valence-electron chi connectivity index (χ1n) is 10.5. The third-order valence-corrected chi connectivity index (χ3v) is 4.82. The van der Waals surface area contributed by atoms with Gasteiger partial charge in [0.2, 0.25) is 5.83 Å². The monoisotopic (exact) mass is 462 g/mol. The smallest absolute Gasteiger partial charge is 0.201 e. The van der Waals surface area contributed by atoms with Gasteiger partial charge in [0.25, 0.3) is 0 Å². The van der Waals surface area contributed by atoms with Crippen molar-refractivity contribution in [1.82, 2.24) is 0 Å². The van der Waals surface area contributed by atoms with E-state index in [0.29, 0.717) is 12.3 Å². The lowest BCUT2D eigenvalue weighted by atomic mass is 9.92. The Kier molecular flexibility index (Phi) is 12.8. The standard InChI is InChI=1S/C28H34F4O/c1-11-16-33-24(10)28(32)27(31)23(9)20(6)15-14-19(5)22(8)26(30)25(29)21(7)18(4)13-12-17(2)3/h11,14-18H,5-10,12-13H2,1-4H3/b15-14-,16-11-,26-25-,28-27-. The highest BCUT2D eigenvalue weighted by atomic mass is 19.2. The van der Waals surface area contributed by atoms with Gasteiger partial charge in [0, 0.05) is 11.1 Å². The second-order valence-electron chi connectivity index (χ2n) is 8.00. The molecule has 180 valence electrons. The number of rotatable bonds is 14. The van der Waals surface area contributed by atoms with Gasteiger partial charge in [-0.3, -0.25) is 0 Å². The van der Waals surface area contributed by atoms with Gasteiger partial charge in [-0.05, 0) is 41.9 Å². The second kappa shape index (κ2) is 14.1. The highest BCUT2D eigenvalue weighted by molar-refractivity contribution is 5.54. The Morgan fingerprint density at radius 1 is 0.727 bits per heavy atom. The van der Waals surface area contributed by atoms with Crippen LogP contribution in [0.3, 0.4) is 0 Å². The SMILES string of the molecule is C=C(/C=C\C(=C)C(=C)/C(F)=C(/F)C(=C)C(C)CCC(C)C)C(=C)/C(F)=C(/F)C(=C)O/C=C\C. The van der Waals surface area contributed by atoms with Crippen molar-refractivity contribution in [1.29, 1.82) is 0 Å². The van der Waals surface area contributed by atoms with Crippen LogP contribution in [0.5, 0.6) is 0 Å². The predicted octanol–water partition coefficient (Wildman–Crippen LogP) is 9.76. The fourth-order valence-electron chi connectivity index (χ4n) is 2.39. The summed E-state index contributed by atoms with van der Waals surface area (Å²) in [5, 5.41) is 0. The summed E-state index contributed by atoms with van der Waals surface area (Å²) >= 11 is 0. The summed E-state index contributed by atoms with van der Waals surface area (Å²) in [4.78, 5) is 0. The molecule has 1 atom stereocenters. The molecule has 0 bridgehead atoms. The van der Waals surface area contributed by atoms with Crippen molar-refractivity contribution in [3.8, 4) is 0 Å². The zero-order valence-electron chi connectivity index (χ0n) is 20.0. The van der Waals surface area contributed by atoms with E-state index in [2.05, 4.69) is 39.5 Å². The summed E-state index contributed by atoms with van der Waals surface area (Å²) in [6.45, 7) is 28.7. The molecule has 0 rings (SSSR count). The van der Waals surface area contributed by atoms with Crippen LogP contribution < -0.4 is 0 Å². The van der Waals surface area contributed by atoms with Gasteiger partial charge < -0.3 is 4.74 Å². The molecule has 0 saturated heterocycles. The first-order valence-corrected chi connectivity index (χ1v) is 10.5. The maximum absolute atomic E-state index is 14.6. The Balaban J connectivity index is 5.38. The van der Waals surface area contributed by atoms with Crippen LogP contribution in [0.2, 0.25) is 0 Å². The molecule has 0 heterocycles. The van der Waals surface area contributed by atoms with Crippen LogP contribution in [0.25, 0.3) is 0 Å². The number of hydrogen-bond donors (Lipinski definition) is 0. The van der Waals surface area contributed by atoms with Crippen LogP contribution in [0.1, 0.15) is 40.5 Å². The molecule has 0 aromatic rings. The van der Waals surface area contributed by atoms with Gasteiger partial charge in [0.15, 0.2) is 23.2 Å². The minimum absolute atomic E-state index is 0.0184. The van der Waals surface area contributed by atoms with E-state index in [1.54, 1.807) is 13.8 Å². The van der Waals surface area contributed by atoms with Gasteiger partial charge in [-0.15, -0.1) is 0 Å². The first-order chi connectivity index (χ1) is 15.3. The topological polar surface area (TPSA) is 9.23 Å². The van der Waals surface area contributed by atoms with Crippen LogP contribution in [-0.4, -0.2) is 0 Å². The average molecular weight is 463 g/mol. The van der Waals surface area contributed by atoms with E-state index in [9.17, 15) is 17.6 Å². The average Bonchev–Trinajstić information content (AvgIpc) is 2.80. The third-order valence-electron chi connectivity index (χ3n) is 4.82. The minimum Gasteiger partial charge on any atom is -0.463 e. The maximum atomic E-state index is 14.6. The number of hydrogen-bond acceptors (Lipinski definition) is 1. The normalized spacial score (nSPS) is 14.1. The molecule has 0 N–H and O–H groups in total. The summed E-state index contributed by atoms with van der Waals surface area (Å²) in [7, 11) is 0. The van der Waals surface area contributed by atoms with Crippen LogP contribution in [0.15, 0.2) is 121 Å². The lowest BCUT2D eigenvalue weighted by molar-refractivity contribution is 0.332. The molecule has 0 fully saturated rings. The van der Waals surface area contributed by atoms with Gasteiger partial charge in [0.05, 0.1) is 6.26 Å². The number of ether oxygens (including phenoxy) is 1. The van der Waals surface area contributed by atoms with E-state index in [-0.39, 0.29) is 33.8 Å². The van der Waals surface area contributed by atoms with Crippen molar-refractivity contribution in [2.75, 3.05) is 0 Å². The largest absolute Gasteiger partial charge is 0.463 e. The van der Waals surface area contributed by atoms with Crippen LogP contribution >= 0.6 is 0 Å². The quantitative estimate of drug-likeness (QED) is 0.142. The molecule has 0 amide bonds. The zero-order valence-corrected chi connectivity index (χ0v) is 20.0. The lowest BCUT2D eigenvalue weighted by Gasteiger charge is -2.16. The predicted molar refractivity (Wildman–Crippen MR) is 132 cm³/mol. The molecule has 0 aliphatic rings. The molecule has 1 unspecified atom stereocenters. The highest BCUT2D eigenvalue weighted by Crippen LogP contribution is 2.32. The van der Waals surface area contributed by atoms with Crippen molar-refractivity contribution in [3.05, 3.63) is 121 Å². The van der Waals surface area contributed by atoms with Crippen molar-refractivity contribution in [3.63, 3.8) is 0 Å². The van der Waals surface area contributed by atoms with Gasteiger partial charge in [-0.1, -0.05) is 84.9 Å². The van der Waals surface area contributed by atoms with Crippen LogP contribution in [-0.2, 0) is 4.74 Å². The molecule has 1 nitrogen and oxygen atoms in total. The Morgan fingerprint density at radius 2 is 1.18 bits per heavy atom. The van der Waals surface area contributed by atoms with E-state index < -0.39 is 29.1 Å². The van der Waals surface area contributed by atoms with Gasteiger partial charge >= 0.3 is 0 Å². The summed E-state index contributed by atoms with van der Waals surface area (Å²) < 4.78 is 62.4. The number of allylic oxidation sites excluding steroid dienone is 12. The van der Waals surface area contributed by atoms with Crippen molar-refractivity contribution in [2.24, 2.45) is 11.8 Å². The Hall–Kier alpha value is -3.08. The fourth-order valence-corrected chi connectivity index (χ4v) is 2.39. The molecule has 33 heavy (non-hydrogen) atoms. The van der Waals surface area contributed by atoms with Crippen molar-refractivity contribution in [2.45, 2.75) is 40.5 Å². The van der Waals surface area contributed by atoms with Gasteiger partial charge in [-0.2, -0.15) is 4.39 Å². The maximum Gasteiger partial charge on any atom is 0.201 e.